The quantitative estimate of drug-likeness (QED) is 0.438. The molecule has 0 fully saturated rings. The number of para-hydroxylation sites is 1. The number of hydrogen-bond donors (Lipinski definition) is 1. The molecule has 2 N–H and O–H groups in total. The fourth-order valence-electron chi connectivity index (χ4n) is 1.18. The van der Waals surface area contributed by atoms with Gasteiger partial charge in [0.2, 0.25) is 0 Å². The van der Waals surface area contributed by atoms with Crippen LogP contribution in [-0.2, 0) is 11.3 Å². The average Bonchev–Trinajstić information content (AvgIpc) is 2.25. The Labute approximate surface area is 88.0 Å². The van der Waals surface area contributed by atoms with E-state index in [1.54, 1.807) is 18.2 Å². The first-order valence-electron chi connectivity index (χ1n) is 4.76. The van der Waals surface area contributed by atoms with Gasteiger partial charge in [-0.25, -0.2) is 0 Å². The molecule has 0 saturated heterocycles. The first-order chi connectivity index (χ1) is 7.25. The summed E-state index contributed by atoms with van der Waals surface area (Å²) in [6.45, 7) is 1.36. The smallest absolute Gasteiger partial charge is 0.274 e. The molecule has 0 unspecified atom stereocenters. The Morgan fingerprint density at radius 1 is 1.40 bits per heavy atom. The van der Waals surface area contributed by atoms with Crippen LogP contribution < -0.4 is 5.73 Å². The van der Waals surface area contributed by atoms with Crippen molar-refractivity contribution in [3.8, 4) is 0 Å². The summed E-state index contributed by atoms with van der Waals surface area (Å²) < 4.78 is 5.27. The van der Waals surface area contributed by atoms with Gasteiger partial charge in [-0.3, -0.25) is 10.1 Å². The summed E-state index contributed by atoms with van der Waals surface area (Å²) in [7, 11) is 0. The minimum atomic E-state index is -0.401. The van der Waals surface area contributed by atoms with E-state index < -0.39 is 4.92 Å². The highest BCUT2D eigenvalue weighted by molar-refractivity contribution is 5.39. The zero-order chi connectivity index (χ0) is 11.1. The van der Waals surface area contributed by atoms with E-state index in [2.05, 4.69) is 0 Å². The fourth-order valence-corrected chi connectivity index (χ4v) is 1.18. The van der Waals surface area contributed by atoms with E-state index in [9.17, 15) is 10.1 Å². The second-order valence-corrected chi connectivity index (χ2v) is 3.08. The Morgan fingerprint density at radius 3 is 2.80 bits per heavy atom. The van der Waals surface area contributed by atoms with Crippen LogP contribution in [0.2, 0.25) is 0 Å². The van der Waals surface area contributed by atoms with Crippen molar-refractivity contribution in [2.75, 3.05) is 13.2 Å². The highest BCUT2D eigenvalue weighted by Gasteiger charge is 2.11. The topological polar surface area (TPSA) is 78.4 Å². The van der Waals surface area contributed by atoms with Gasteiger partial charge in [-0.1, -0.05) is 12.1 Å². The molecule has 0 aliphatic carbocycles. The Kier molecular flexibility index (Phi) is 4.73. The van der Waals surface area contributed by atoms with E-state index in [4.69, 9.17) is 10.5 Å². The number of rotatable bonds is 6. The maximum Gasteiger partial charge on any atom is 0.274 e. The number of ether oxygens (including phenoxy) is 1. The van der Waals surface area contributed by atoms with Crippen LogP contribution in [0.15, 0.2) is 24.3 Å². The molecule has 5 heteroatoms. The average molecular weight is 210 g/mol. The number of nitrogens with zero attached hydrogens (tertiary/aromatic N) is 1. The highest BCUT2D eigenvalue weighted by atomic mass is 16.6. The van der Waals surface area contributed by atoms with Crippen LogP contribution in [0.3, 0.4) is 0 Å². The van der Waals surface area contributed by atoms with Gasteiger partial charge < -0.3 is 10.5 Å². The summed E-state index contributed by atoms with van der Waals surface area (Å²) in [6, 6.07) is 6.57. The van der Waals surface area contributed by atoms with Crippen LogP contribution in [0.4, 0.5) is 5.69 Å². The molecule has 0 radical (unpaired) electrons. The maximum atomic E-state index is 10.6. The van der Waals surface area contributed by atoms with E-state index in [-0.39, 0.29) is 12.3 Å². The Morgan fingerprint density at radius 2 is 2.13 bits per heavy atom. The SMILES string of the molecule is NCCCOCc1ccccc1[N+](=O)[O-]. The number of benzene rings is 1. The molecule has 1 rings (SSSR count). The second-order valence-electron chi connectivity index (χ2n) is 3.08. The maximum absolute atomic E-state index is 10.6. The van der Waals surface area contributed by atoms with Gasteiger partial charge in [0.15, 0.2) is 0 Å². The third-order valence-corrected chi connectivity index (χ3v) is 1.94. The zero-order valence-corrected chi connectivity index (χ0v) is 8.39. The molecular weight excluding hydrogens is 196 g/mol. The summed E-state index contributed by atoms with van der Waals surface area (Å²) in [5, 5.41) is 10.6. The summed E-state index contributed by atoms with van der Waals surface area (Å²) in [6.07, 6.45) is 0.765. The van der Waals surface area contributed by atoms with Crippen LogP contribution in [0.1, 0.15) is 12.0 Å². The first-order valence-corrected chi connectivity index (χ1v) is 4.76. The number of nitro groups is 1. The predicted molar refractivity (Wildman–Crippen MR) is 56.4 cm³/mol. The van der Waals surface area contributed by atoms with Crippen molar-refractivity contribution in [1.82, 2.24) is 0 Å². The van der Waals surface area contributed by atoms with Crippen molar-refractivity contribution < 1.29 is 9.66 Å². The minimum Gasteiger partial charge on any atom is -0.376 e. The van der Waals surface area contributed by atoms with Crippen molar-refractivity contribution in [2.45, 2.75) is 13.0 Å². The van der Waals surface area contributed by atoms with Crippen molar-refractivity contribution in [3.05, 3.63) is 39.9 Å². The van der Waals surface area contributed by atoms with Crippen molar-refractivity contribution in [3.63, 3.8) is 0 Å². The van der Waals surface area contributed by atoms with Gasteiger partial charge >= 0.3 is 0 Å². The number of nitrogens with two attached hydrogens (primary N) is 1. The lowest BCUT2D eigenvalue weighted by Gasteiger charge is -2.03. The zero-order valence-electron chi connectivity index (χ0n) is 8.39. The van der Waals surface area contributed by atoms with Crippen LogP contribution in [0.25, 0.3) is 0 Å². The second kappa shape index (κ2) is 6.10. The van der Waals surface area contributed by atoms with Gasteiger partial charge in [-0.2, -0.15) is 0 Å². The van der Waals surface area contributed by atoms with E-state index in [0.717, 1.165) is 6.42 Å². The lowest BCUT2D eigenvalue weighted by molar-refractivity contribution is -0.385. The molecule has 5 nitrogen and oxygen atoms in total. The lowest BCUT2D eigenvalue weighted by atomic mass is 10.2. The Bertz CT molecular complexity index is 328. The largest absolute Gasteiger partial charge is 0.376 e. The molecule has 82 valence electrons. The van der Waals surface area contributed by atoms with Gasteiger partial charge in [-0.15, -0.1) is 0 Å². The van der Waals surface area contributed by atoms with E-state index >= 15 is 0 Å². The summed E-state index contributed by atoms with van der Waals surface area (Å²) >= 11 is 0. The van der Waals surface area contributed by atoms with Crippen molar-refractivity contribution in [1.29, 1.82) is 0 Å². The van der Waals surface area contributed by atoms with Crippen molar-refractivity contribution in [2.24, 2.45) is 5.73 Å². The minimum absolute atomic E-state index is 0.102. The van der Waals surface area contributed by atoms with Crippen molar-refractivity contribution >= 4 is 5.69 Å². The third kappa shape index (κ3) is 3.65. The monoisotopic (exact) mass is 210 g/mol. The molecule has 0 aromatic heterocycles. The molecule has 0 aliphatic rings. The van der Waals surface area contributed by atoms with Crippen LogP contribution >= 0.6 is 0 Å². The van der Waals surface area contributed by atoms with Crippen LogP contribution in [0.5, 0.6) is 0 Å². The standard InChI is InChI=1S/C10H14N2O3/c11-6-3-7-15-8-9-4-1-2-5-10(9)12(13)14/h1-2,4-5H,3,6-8,11H2. The van der Waals surface area contributed by atoms with Gasteiger partial charge in [-0.05, 0) is 19.0 Å². The van der Waals surface area contributed by atoms with Gasteiger partial charge in [0.25, 0.3) is 5.69 Å². The van der Waals surface area contributed by atoms with Gasteiger partial charge in [0.1, 0.15) is 0 Å². The predicted octanol–water partition coefficient (Wildman–Crippen LogP) is 1.46. The Hall–Kier alpha value is -1.46. The molecule has 15 heavy (non-hydrogen) atoms. The molecule has 0 heterocycles. The molecule has 0 spiro atoms. The molecular formula is C10H14N2O3. The highest BCUT2D eigenvalue weighted by Crippen LogP contribution is 2.18. The normalized spacial score (nSPS) is 10.2. The molecule has 0 bridgehead atoms. The van der Waals surface area contributed by atoms with E-state index in [0.29, 0.717) is 18.7 Å². The summed E-state index contributed by atoms with van der Waals surface area (Å²) in [5.74, 6) is 0. The molecule has 1 aromatic carbocycles. The third-order valence-electron chi connectivity index (χ3n) is 1.94. The Balaban J connectivity index is 2.56. The lowest BCUT2D eigenvalue weighted by Crippen LogP contribution is -2.05. The van der Waals surface area contributed by atoms with E-state index in [1.807, 2.05) is 0 Å². The van der Waals surface area contributed by atoms with Gasteiger partial charge in [0, 0.05) is 12.7 Å². The summed E-state index contributed by atoms with van der Waals surface area (Å²) in [4.78, 5) is 10.2. The van der Waals surface area contributed by atoms with Gasteiger partial charge in [0.05, 0.1) is 17.1 Å². The fraction of sp³-hybridized carbons (Fsp3) is 0.400. The number of hydrogen-bond acceptors (Lipinski definition) is 4. The summed E-state index contributed by atoms with van der Waals surface area (Å²) in [5.41, 5.74) is 6.00. The van der Waals surface area contributed by atoms with Crippen LogP contribution in [0, 0.1) is 10.1 Å². The molecule has 0 amide bonds. The number of nitro benzene ring substituents is 1. The molecule has 1 aromatic rings. The first kappa shape index (κ1) is 11.6. The molecule has 0 aliphatic heterocycles. The van der Waals surface area contributed by atoms with E-state index in [1.165, 1.54) is 6.07 Å². The molecule has 0 saturated carbocycles. The van der Waals surface area contributed by atoms with Crippen LogP contribution in [-0.4, -0.2) is 18.1 Å². The molecule has 0 atom stereocenters.